The van der Waals surface area contributed by atoms with Crippen LogP contribution in [0.5, 0.6) is 5.75 Å². The number of aryl methyl sites for hydroxylation is 2. The number of hydrogen-bond donors (Lipinski definition) is 0. The van der Waals surface area contributed by atoms with Crippen LogP contribution in [0, 0.1) is 6.92 Å². The van der Waals surface area contributed by atoms with Gasteiger partial charge in [-0.3, -0.25) is 0 Å². The standard InChI is InChI=1S/C22H18NO2.CHF3O3S/c1-15-11-13-16(14-12-15)25-22(24)21-17-7-3-5-9-19(17)23(2)20-10-6-4-8-18(20)21;2-1(3,4)8(5,6)7/h3-14H,1-2H3;(H,5,6,7)/q+1;/p-1. The van der Waals surface area contributed by atoms with Gasteiger partial charge in [-0.2, -0.15) is 17.7 Å². The Kier molecular flexibility index (Phi) is 6.71. The predicted octanol–water partition coefficient (Wildman–Crippen LogP) is 4.40. The summed E-state index contributed by atoms with van der Waals surface area (Å²) >= 11 is 0. The summed E-state index contributed by atoms with van der Waals surface area (Å²) in [7, 11) is -4.08. The Morgan fingerprint density at radius 2 is 1.30 bits per heavy atom. The zero-order chi connectivity index (χ0) is 24.4. The number of carbonyl (C=O) groups is 1. The number of carbonyl (C=O) groups excluding carboxylic acids is 1. The summed E-state index contributed by atoms with van der Waals surface area (Å²) in [4.78, 5) is 13.0. The molecule has 0 aliphatic rings. The van der Waals surface area contributed by atoms with Crippen molar-refractivity contribution in [2.75, 3.05) is 0 Å². The molecule has 0 atom stereocenters. The van der Waals surface area contributed by atoms with Gasteiger partial charge in [-0.05, 0) is 31.2 Å². The second-order valence-corrected chi connectivity index (χ2v) is 8.44. The van der Waals surface area contributed by atoms with Crippen molar-refractivity contribution < 1.29 is 40.2 Å². The van der Waals surface area contributed by atoms with Crippen LogP contribution in [-0.2, 0) is 17.2 Å². The zero-order valence-electron chi connectivity index (χ0n) is 17.5. The second kappa shape index (κ2) is 9.16. The van der Waals surface area contributed by atoms with E-state index >= 15 is 0 Å². The summed E-state index contributed by atoms with van der Waals surface area (Å²) in [5.41, 5.74) is -1.92. The largest absolute Gasteiger partial charge is 0.741 e. The first-order valence-electron chi connectivity index (χ1n) is 9.50. The minimum Gasteiger partial charge on any atom is -0.741 e. The molecule has 0 N–H and O–H groups in total. The van der Waals surface area contributed by atoms with E-state index < -0.39 is 15.6 Å². The van der Waals surface area contributed by atoms with Gasteiger partial charge in [-0.1, -0.05) is 42.0 Å². The molecule has 1 aromatic heterocycles. The summed E-state index contributed by atoms with van der Waals surface area (Å²) in [6.07, 6.45) is 0. The first-order chi connectivity index (χ1) is 15.4. The Labute approximate surface area is 187 Å². The number of esters is 1. The highest BCUT2D eigenvalue weighted by Crippen LogP contribution is 2.26. The molecule has 0 saturated heterocycles. The molecular weight excluding hydrogens is 459 g/mol. The molecule has 0 amide bonds. The number of aromatic nitrogens is 1. The van der Waals surface area contributed by atoms with Crippen LogP contribution in [0.15, 0.2) is 72.8 Å². The SMILES string of the molecule is Cc1ccc(OC(=O)c2c3ccccc3[n+](C)c3ccccc23)cc1.O=S(=O)([O-])C(F)(F)F. The molecule has 0 aliphatic carbocycles. The Balaban J connectivity index is 0.000000331. The summed E-state index contributed by atoms with van der Waals surface area (Å²) in [6.45, 7) is 2.00. The Bertz CT molecular complexity index is 1380. The van der Waals surface area contributed by atoms with E-state index in [2.05, 4.69) is 4.57 Å². The number of para-hydroxylation sites is 2. The molecule has 33 heavy (non-hydrogen) atoms. The van der Waals surface area contributed by atoms with Crippen LogP contribution >= 0.6 is 0 Å². The fourth-order valence-electron chi connectivity index (χ4n) is 3.21. The van der Waals surface area contributed by atoms with E-state index in [-0.39, 0.29) is 5.97 Å². The van der Waals surface area contributed by atoms with E-state index in [1.54, 1.807) is 0 Å². The van der Waals surface area contributed by atoms with Crippen LogP contribution in [0.2, 0.25) is 0 Å². The fraction of sp³-hybridized carbons (Fsp3) is 0.130. The number of nitrogens with zero attached hydrogens (tertiary/aromatic N) is 1. The lowest BCUT2D eigenvalue weighted by Gasteiger charge is -2.10. The first-order valence-corrected chi connectivity index (χ1v) is 10.9. The van der Waals surface area contributed by atoms with Crippen molar-refractivity contribution in [1.29, 1.82) is 0 Å². The van der Waals surface area contributed by atoms with Crippen LogP contribution in [0.3, 0.4) is 0 Å². The van der Waals surface area contributed by atoms with Gasteiger partial charge in [0, 0.05) is 12.1 Å². The van der Waals surface area contributed by atoms with Gasteiger partial charge in [0.2, 0.25) is 11.0 Å². The first kappa shape index (κ1) is 24.1. The molecule has 0 unspecified atom stereocenters. The van der Waals surface area contributed by atoms with Crippen molar-refractivity contribution in [3.8, 4) is 5.75 Å². The van der Waals surface area contributed by atoms with E-state index in [1.165, 1.54) is 0 Å². The number of halogens is 3. The molecule has 0 radical (unpaired) electrons. The molecule has 0 bridgehead atoms. The molecule has 3 aromatic carbocycles. The minimum absolute atomic E-state index is 0.336. The highest BCUT2D eigenvalue weighted by molar-refractivity contribution is 7.86. The third-order valence-corrected chi connectivity index (χ3v) is 5.36. The highest BCUT2D eigenvalue weighted by Gasteiger charge is 2.36. The maximum absolute atomic E-state index is 13.0. The smallest absolute Gasteiger partial charge is 0.485 e. The molecule has 1 heterocycles. The Morgan fingerprint density at radius 3 is 1.73 bits per heavy atom. The third kappa shape index (κ3) is 5.29. The molecule has 4 rings (SSSR count). The number of benzene rings is 3. The summed E-state index contributed by atoms with van der Waals surface area (Å²) < 4.78 is 66.7. The third-order valence-electron chi connectivity index (χ3n) is 4.79. The molecule has 4 aromatic rings. The van der Waals surface area contributed by atoms with Crippen molar-refractivity contribution in [3.05, 3.63) is 83.9 Å². The molecule has 10 heteroatoms. The van der Waals surface area contributed by atoms with Crippen LogP contribution < -0.4 is 9.30 Å². The van der Waals surface area contributed by atoms with E-state index in [0.29, 0.717) is 11.3 Å². The van der Waals surface area contributed by atoms with Crippen molar-refractivity contribution in [1.82, 2.24) is 0 Å². The fourth-order valence-corrected chi connectivity index (χ4v) is 3.21. The van der Waals surface area contributed by atoms with Crippen molar-refractivity contribution in [2.45, 2.75) is 12.4 Å². The number of rotatable bonds is 2. The average Bonchev–Trinajstić information content (AvgIpc) is 2.75. The molecule has 6 nitrogen and oxygen atoms in total. The van der Waals surface area contributed by atoms with Gasteiger partial charge in [0.25, 0.3) is 0 Å². The van der Waals surface area contributed by atoms with Gasteiger partial charge in [0.05, 0.1) is 16.3 Å². The summed E-state index contributed by atoms with van der Waals surface area (Å²) in [5.74, 6) is 0.217. The van der Waals surface area contributed by atoms with Gasteiger partial charge in [0.15, 0.2) is 10.1 Å². The quantitative estimate of drug-likeness (QED) is 0.107. The molecule has 0 spiro atoms. The predicted molar refractivity (Wildman–Crippen MR) is 115 cm³/mol. The number of hydrogen-bond acceptors (Lipinski definition) is 5. The highest BCUT2D eigenvalue weighted by atomic mass is 32.2. The van der Waals surface area contributed by atoms with Crippen LogP contribution in [0.25, 0.3) is 21.8 Å². The molecule has 0 saturated carbocycles. The van der Waals surface area contributed by atoms with Gasteiger partial charge in [-0.15, -0.1) is 0 Å². The lowest BCUT2D eigenvalue weighted by Crippen LogP contribution is -2.31. The molecule has 172 valence electrons. The summed E-state index contributed by atoms with van der Waals surface area (Å²) in [5, 5.41) is 1.78. The molecule has 0 fully saturated rings. The van der Waals surface area contributed by atoms with Crippen molar-refractivity contribution in [3.63, 3.8) is 0 Å². The minimum atomic E-state index is -6.09. The monoisotopic (exact) mass is 477 g/mol. The van der Waals surface area contributed by atoms with Crippen molar-refractivity contribution in [2.24, 2.45) is 7.05 Å². The van der Waals surface area contributed by atoms with Gasteiger partial charge in [-0.25, -0.2) is 13.2 Å². The summed E-state index contributed by atoms with van der Waals surface area (Å²) in [6, 6.07) is 23.3. The number of alkyl halides is 3. The number of fused-ring (bicyclic) bond motifs is 2. The maximum atomic E-state index is 13.0. The number of ether oxygens (including phenoxy) is 1. The van der Waals surface area contributed by atoms with Crippen LogP contribution in [-0.4, -0.2) is 24.4 Å². The molecule has 0 aliphatic heterocycles. The number of pyridine rings is 1. The Morgan fingerprint density at radius 1 is 0.879 bits per heavy atom. The van der Waals surface area contributed by atoms with Crippen LogP contribution in [0.1, 0.15) is 15.9 Å². The average molecular weight is 477 g/mol. The topological polar surface area (TPSA) is 87.4 Å². The lowest BCUT2D eigenvalue weighted by atomic mass is 10.0. The normalized spacial score (nSPS) is 11.7. The van der Waals surface area contributed by atoms with Gasteiger partial charge >= 0.3 is 11.5 Å². The van der Waals surface area contributed by atoms with E-state index in [1.807, 2.05) is 86.8 Å². The van der Waals surface area contributed by atoms with Crippen LogP contribution in [0.4, 0.5) is 13.2 Å². The second-order valence-electron chi connectivity index (χ2n) is 7.07. The maximum Gasteiger partial charge on any atom is 0.485 e. The van der Waals surface area contributed by atoms with Gasteiger partial charge in [0.1, 0.15) is 12.8 Å². The zero-order valence-corrected chi connectivity index (χ0v) is 18.3. The van der Waals surface area contributed by atoms with E-state index in [0.717, 1.165) is 27.4 Å². The van der Waals surface area contributed by atoms with E-state index in [9.17, 15) is 18.0 Å². The molecular formula is C23H18F3NO5S. The van der Waals surface area contributed by atoms with Gasteiger partial charge < -0.3 is 9.29 Å². The van der Waals surface area contributed by atoms with E-state index in [4.69, 9.17) is 17.7 Å². The Hall–Kier alpha value is -3.50. The lowest BCUT2D eigenvalue weighted by molar-refractivity contribution is -0.617. The van der Waals surface area contributed by atoms with Crippen molar-refractivity contribution >= 4 is 37.9 Å².